The molecule has 0 saturated carbocycles. The van der Waals surface area contributed by atoms with Crippen LogP contribution in [0.5, 0.6) is 17.2 Å². The van der Waals surface area contributed by atoms with Crippen LogP contribution in [0, 0.1) is 11.6 Å². The minimum atomic E-state index is -4.09. The Bertz CT molecular complexity index is 1680. The molecule has 0 heterocycles. The number of hydrogen-bond acceptors (Lipinski definition) is 6. The molecule has 0 atom stereocenters. The molecule has 232 valence electrons. The van der Waals surface area contributed by atoms with Crippen LogP contribution < -0.4 is 19.1 Å². The molecule has 0 aliphatic carbocycles. The largest absolute Gasteiger partial charge is 0.494 e. The van der Waals surface area contributed by atoms with Gasteiger partial charge in [0.25, 0.3) is 10.0 Å². The average molecular weight is 625 g/mol. The fourth-order valence-corrected chi connectivity index (χ4v) is 5.39. The maximum absolute atomic E-state index is 13.9. The van der Waals surface area contributed by atoms with Crippen LogP contribution in [0.25, 0.3) is 0 Å². The van der Waals surface area contributed by atoms with E-state index in [4.69, 9.17) is 9.47 Å². The van der Waals surface area contributed by atoms with Gasteiger partial charge in [-0.15, -0.1) is 0 Å². The quantitative estimate of drug-likeness (QED) is 0.128. The first kappa shape index (κ1) is 32.3. The molecule has 0 fully saturated rings. The van der Waals surface area contributed by atoms with Crippen LogP contribution in [0.15, 0.2) is 89.8 Å². The molecule has 0 bridgehead atoms. The SMILES string of the molecule is CCCCOc1ccc(S(=O)(=O)Nc2ccc(Oc3ccc(N(CCCC)c4ccc(F)c(F)c4)cc3)cc2C(=O)O)cc1. The summed E-state index contributed by atoms with van der Waals surface area (Å²) in [6.45, 7) is 5.18. The summed E-state index contributed by atoms with van der Waals surface area (Å²) in [6.07, 6.45) is 3.57. The van der Waals surface area contributed by atoms with E-state index in [1.165, 1.54) is 36.4 Å². The lowest BCUT2D eigenvalue weighted by molar-refractivity contribution is 0.0697. The first-order valence-electron chi connectivity index (χ1n) is 14.2. The summed E-state index contributed by atoms with van der Waals surface area (Å²) in [6, 6.07) is 20.5. The molecular weight excluding hydrogens is 590 g/mol. The molecule has 0 spiro atoms. The minimum Gasteiger partial charge on any atom is -0.494 e. The molecule has 4 aromatic rings. The van der Waals surface area contributed by atoms with Crippen LogP contribution in [0.4, 0.5) is 25.8 Å². The Balaban J connectivity index is 1.50. The van der Waals surface area contributed by atoms with Gasteiger partial charge in [0.1, 0.15) is 17.2 Å². The smallest absolute Gasteiger partial charge is 0.337 e. The third-order valence-electron chi connectivity index (χ3n) is 6.70. The number of nitrogens with one attached hydrogen (secondary N) is 1. The van der Waals surface area contributed by atoms with Crippen molar-refractivity contribution in [3.8, 4) is 17.2 Å². The standard InChI is InChI=1S/C33H34F2N2O6S/c1-3-5-19-37(24-9-17-30(34)31(35)21-24)23-7-10-26(11-8-23)43-27-14-18-32(29(22-27)33(38)39)36-44(40,41)28-15-12-25(13-16-28)42-20-6-4-2/h7-18,21-22,36H,3-6,19-20H2,1-2H3,(H,38,39). The number of anilines is 3. The first-order valence-corrected chi connectivity index (χ1v) is 15.7. The summed E-state index contributed by atoms with van der Waals surface area (Å²) in [5.41, 5.74) is 0.813. The number of rotatable bonds is 15. The Kier molecular flexibility index (Phi) is 10.8. The molecule has 44 heavy (non-hydrogen) atoms. The summed E-state index contributed by atoms with van der Waals surface area (Å²) in [5, 5.41) is 9.81. The number of hydrogen-bond donors (Lipinski definition) is 2. The van der Waals surface area contributed by atoms with E-state index in [2.05, 4.69) is 4.72 Å². The maximum Gasteiger partial charge on any atom is 0.337 e. The van der Waals surface area contributed by atoms with Crippen molar-refractivity contribution in [2.75, 3.05) is 22.8 Å². The number of halogens is 2. The number of sulfonamides is 1. The summed E-state index contributed by atoms with van der Waals surface area (Å²) in [5.74, 6) is -2.10. The molecule has 4 rings (SSSR count). The monoisotopic (exact) mass is 624 g/mol. The fourth-order valence-electron chi connectivity index (χ4n) is 4.31. The predicted molar refractivity (Wildman–Crippen MR) is 166 cm³/mol. The third kappa shape index (κ3) is 8.25. The topological polar surface area (TPSA) is 105 Å². The van der Waals surface area contributed by atoms with Gasteiger partial charge in [-0.2, -0.15) is 0 Å². The Labute approximate surface area is 255 Å². The molecule has 0 aliphatic rings. The van der Waals surface area contributed by atoms with Crippen molar-refractivity contribution in [2.45, 2.75) is 44.4 Å². The average Bonchev–Trinajstić information content (AvgIpc) is 3.00. The van der Waals surface area contributed by atoms with E-state index in [1.54, 1.807) is 36.4 Å². The zero-order chi connectivity index (χ0) is 31.7. The summed E-state index contributed by atoms with van der Waals surface area (Å²) in [7, 11) is -4.09. The molecule has 0 saturated heterocycles. The van der Waals surface area contributed by atoms with Gasteiger partial charge in [-0.05, 0) is 91.7 Å². The number of carboxylic acid groups (broad SMARTS) is 1. The summed E-state index contributed by atoms with van der Waals surface area (Å²) < 4.78 is 67.2. The Morgan fingerprint density at radius 3 is 2.07 bits per heavy atom. The molecule has 11 heteroatoms. The van der Waals surface area contributed by atoms with E-state index in [0.717, 1.165) is 43.5 Å². The van der Waals surface area contributed by atoms with Crippen molar-refractivity contribution in [2.24, 2.45) is 0 Å². The Morgan fingerprint density at radius 1 is 0.795 bits per heavy atom. The lowest BCUT2D eigenvalue weighted by Gasteiger charge is -2.25. The normalized spacial score (nSPS) is 11.2. The van der Waals surface area contributed by atoms with Crippen LogP contribution in [0.1, 0.15) is 49.9 Å². The number of nitrogens with zero attached hydrogens (tertiary/aromatic N) is 1. The van der Waals surface area contributed by atoms with Crippen LogP contribution in [-0.2, 0) is 10.0 Å². The molecule has 0 unspecified atom stereocenters. The van der Waals surface area contributed by atoms with E-state index < -0.39 is 27.6 Å². The van der Waals surface area contributed by atoms with Gasteiger partial charge in [-0.25, -0.2) is 22.0 Å². The highest BCUT2D eigenvalue weighted by Gasteiger charge is 2.20. The summed E-state index contributed by atoms with van der Waals surface area (Å²) >= 11 is 0. The first-order chi connectivity index (χ1) is 21.1. The van der Waals surface area contributed by atoms with Crippen molar-refractivity contribution >= 4 is 33.1 Å². The molecule has 0 radical (unpaired) electrons. The van der Waals surface area contributed by atoms with Crippen LogP contribution in [0.3, 0.4) is 0 Å². The van der Waals surface area contributed by atoms with Gasteiger partial charge in [0.05, 0.1) is 22.8 Å². The number of carboxylic acids is 1. The highest BCUT2D eigenvalue weighted by Crippen LogP contribution is 2.32. The van der Waals surface area contributed by atoms with Gasteiger partial charge >= 0.3 is 5.97 Å². The molecule has 0 aliphatic heterocycles. The number of aromatic carboxylic acids is 1. The van der Waals surface area contributed by atoms with Crippen molar-refractivity contribution in [3.63, 3.8) is 0 Å². The van der Waals surface area contributed by atoms with Crippen molar-refractivity contribution < 1.29 is 36.6 Å². The maximum atomic E-state index is 13.9. The van der Waals surface area contributed by atoms with E-state index >= 15 is 0 Å². The van der Waals surface area contributed by atoms with Gasteiger partial charge in [0, 0.05) is 24.0 Å². The number of benzene rings is 4. The Morgan fingerprint density at radius 2 is 1.43 bits per heavy atom. The lowest BCUT2D eigenvalue weighted by Crippen LogP contribution is -2.18. The van der Waals surface area contributed by atoms with E-state index in [1.807, 2.05) is 18.7 Å². The van der Waals surface area contributed by atoms with Gasteiger partial charge < -0.3 is 19.5 Å². The highest BCUT2D eigenvalue weighted by molar-refractivity contribution is 7.92. The molecule has 0 aromatic heterocycles. The number of ether oxygens (including phenoxy) is 2. The second-order valence-electron chi connectivity index (χ2n) is 9.99. The van der Waals surface area contributed by atoms with Gasteiger partial charge in [-0.3, -0.25) is 4.72 Å². The second kappa shape index (κ2) is 14.7. The van der Waals surface area contributed by atoms with Crippen molar-refractivity contribution in [1.82, 2.24) is 0 Å². The predicted octanol–water partition coefficient (Wildman–Crippen LogP) is 8.37. The van der Waals surface area contributed by atoms with E-state index in [0.29, 0.717) is 30.3 Å². The van der Waals surface area contributed by atoms with Crippen molar-refractivity contribution in [3.05, 3.63) is 102 Å². The highest BCUT2D eigenvalue weighted by atomic mass is 32.2. The van der Waals surface area contributed by atoms with Crippen molar-refractivity contribution in [1.29, 1.82) is 0 Å². The van der Waals surface area contributed by atoms with Crippen LogP contribution >= 0.6 is 0 Å². The molecule has 2 N–H and O–H groups in total. The second-order valence-corrected chi connectivity index (χ2v) is 11.7. The molecule has 8 nitrogen and oxygen atoms in total. The van der Waals surface area contributed by atoms with Crippen LogP contribution in [0.2, 0.25) is 0 Å². The van der Waals surface area contributed by atoms with Gasteiger partial charge in [0.15, 0.2) is 11.6 Å². The molecule has 4 aromatic carbocycles. The van der Waals surface area contributed by atoms with Crippen LogP contribution in [-0.4, -0.2) is 32.6 Å². The molecule has 0 amide bonds. The zero-order valence-corrected chi connectivity index (χ0v) is 25.2. The molecular formula is C33H34F2N2O6S. The summed E-state index contributed by atoms with van der Waals surface area (Å²) in [4.78, 5) is 13.9. The number of unbranched alkanes of at least 4 members (excludes halogenated alkanes) is 2. The zero-order valence-electron chi connectivity index (χ0n) is 24.4. The third-order valence-corrected chi connectivity index (χ3v) is 8.08. The number of carbonyl (C=O) groups is 1. The Hall–Kier alpha value is -4.64. The minimum absolute atomic E-state index is 0.0477. The lowest BCUT2D eigenvalue weighted by atomic mass is 10.1. The fraction of sp³-hybridized carbons (Fsp3) is 0.242. The van der Waals surface area contributed by atoms with Gasteiger partial charge in [-0.1, -0.05) is 26.7 Å². The van der Waals surface area contributed by atoms with E-state index in [-0.39, 0.29) is 21.9 Å². The van der Waals surface area contributed by atoms with Gasteiger partial charge in [0.2, 0.25) is 0 Å². The van der Waals surface area contributed by atoms with E-state index in [9.17, 15) is 27.1 Å².